The van der Waals surface area contributed by atoms with E-state index in [1.165, 1.54) is 18.7 Å². The molecule has 2 fully saturated rings. The molecular weight excluding hydrogens is 423 g/mol. The van der Waals surface area contributed by atoms with E-state index in [9.17, 15) is 4.79 Å². The molecule has 0 saturated carbocycles. The molecule has 0 spiro atoms. The van der Waals surface area contributed by atoms with Gasteiger partial charge in [-0.1, -0.05) is 31.2 Å². The zero-order valence-electron chi connectivity index (χ0n) is 16.4. The van der Waals surface area contributed by atoms with E-state index >= 15 is 0 Å². The van der Waals surface area contributed by atoms with E-state index in [4.69, 9.17) is 4.74 Å². The van der Waals surface area contributed by atoms with E-state index in [1.54, 1.807) is 0 Å². The van der Waals surface area contributed by atoms with Crippen molar-refractivity contribution in [3.05, 3.63) is 35.4 Å². The van der Waals surface area contributed by atoms with Gasteiger partial charge in [0, 0.05) is 45.8 Å². The van der Waals surface area contributed by atoms with Gasteiger partial charge >= 0.3 is 0 Å². The van der Waals surface area contributed by atoms with Crippen molar-refractivity contribution in [2.24, 2.45) is 0 Å². The van der Waals surface area contributed by atoms with Crippen LogP contribution in [0.25, 0.3) is 0 Å². The predicted molar refractivity (Wildman–Crippen MR) is 120 cm³/mol. The predicted octanol–water partition coefficient (Wildman–Crippen LogP) is 1.69. The lowest BCUT2D eigenvalue weighted by Gasteiger charge is -2.34. The zero-order chi connectivity index (χ0) is 17.5. The Hall–Kier alpha value is -0.600. The summed E-state index contributed by atoms with van der Waals surface area (Å²) in [6.07, 6.45) is 0. The standard InChI is InChI=1S/C19H30N4O2.3ClH/c1-2-22-8-10-23(11-9-22)14-17-5-3-16(4-6-17)13-21-19(24)18-15-25-12-7-20-18;;;/h3-6,18,20H,2,7-15H2,1H3,(H,21,24);3*1H. The van der Waals surface area contributed by atoms with Gasteiger partial charge in [-0.25, -0.2) is 0 Å². The molecule has 162 valence electrons. The smallest absolute Gasteiger partial charge is 0.239 e. The van der Waals surface area contributed by atoms with Crippen molar-refractivity contribution in [3.63, 3.8) is 0 Å². The van der Waals surface area contributed by atoms with Crippen molar-refractivity contribution in [2.75, 3.05) is 52.5 Å². The Labute approximate surface area is 187 Å². The first-order valence-corrected chi connectivity index (χ1v) is 9.36. The fourth-order valence-electron chi connectivity index (χ4n) is 3.33. The number of benzene rings is 1. The van der Waals surface area contributed by atoms with Crippen molar-refractivity contribution in [3.8, 4) is 0 Å². The van der Waals surface area contributed by atoms with Crippen molar-refractivity contribution in [2.45, 2.75) is 26.1 Å². The van der Waals surface area contributed by atoms with Gasteiger partial charge in [0.25, 0.3) is 0 Å². The van der Waals surface area contributed by atoms with Crippen molar-refractivity contribution in [1.82, 2.24) is 20.4 Å². The maximum absolute atomic E-state index is 12.1. The van der Waals surface area contributed by atoms with E-state index in [-0.39, 0.29) is 49.2 Å². The second-order valence-corrected chi connectivity index (χ2v) is 6.83. The highest BCUT2D eigenvalue weighted by Crippen LogP contribution is 2.10. The van der Waals surface area contributed by atoms with Crippen LogP contribution in [0.15, 0.2) is 24.3 Å². The molecule has 1 atom stereocenters. The van der Waals surface area contributed by atoms with Gasteiger partial charge in [0.05, 0.1) is 13.2 Å². The molecule has 0 aromatic heterocycles. The molecule has 2 aliphatic heterocycles. The van der Waals surface area contributed by atoms with Crippen molar-refractivity contribution < 1.29 is 9.53 Å². The number of ether oxygens (including phenoxy) is 1. The fourth-order valence-corrected chi connectivity index (χ4v) is 3.33. The first-order valence-electron chi connectivity index (χ1n) is 9.36. The third-order valence-corrected chi connectivity index (χ3v) is 5.05. The fraction of sp³-hybridized carbons (Fsp3) is 0.632. The normalized spacial score (nSPS) is 20.2. The minimum absolute atomic E-state index is 0. The monoisotopic (exact) mass is 454 g/mol. The van der Waals surface area contributed by atoms with Crippen LogP contribution in [-0.4, -0.2) is 74.2 Å². The molecule has 0 bridgehead atoms. The Morgan fingerprint density at radius 2 is 1.68 bits per heavy atom. The van der Waals surface area contributed by atoms with Crippen LogP contribution >= 0.6 is 37.2 Å². The number of likely N-dealkylation sites (N-methyl/N-ethyl adjacent to an activating group) is 1. The number of nitrogens with one attached hydrogen (secondary N) is 2. The van der Waals surface area contributed by atoms with Crippen LogP contribution < -0.4 is 10.6 Å². The number of morpholine rings is 1. The first kappa shape index (κ1) is 27.4. The minimum Gasteiger partial charge on any atom is -0.378 e. The number of hydrogen-bond donors (Lipinski definition) is 2. The molecule has 2 saturated heterocycles. The molecule has 1 aromatic carbocycles. The average Bonchev–Trinajstić information content (AvgIpc) is 2.68. The number of piperazine rings is 1. The first-order chi connectivity index (χ1) is 12.2. The third-order valence-electron chi connectivity index (χ3n) is 5.05. The van der Waals surface area contributed by atoms with Crippen LogP contribution in [0.3, 0.4) is 0 Å². The van der Waals surface area contributed by atoms with Crippen LogP contribution in [-0.2, 0) is 22.6 Å². The number of hydrogen-bond acceptors (Lipinski definition) is 5. The van der Waals surface area contributed by atoms with Crippen molar-refractivity contribution in [1.29, 1.82) is 0 Å². The summed E-state index contributed by atoms with van der Waals surface area (Å²) in [5.74, 6) is 0.0116. The molecule has 0 aliphatic carbocycles. The van der Waals surface area contributed by atoms with Crippen LogP contribution in [0.5, 0.6) is 0 Å². The number of carbonyl (C=O) groups is 1. The maximum Gasteiger partial charge on any atom is 0.239 e. The van der Waals surface area contributed by atoms with E-state index in [0.717, 1.165) is 38.3 Å². The largest absolute Gasteiger partial charge is 0.378 e. The summed E-state index contributed by atoms with van der Waals surface area (Å²) in [5, 5.41) is 6.15. The highest BCUT2D eigenvalue weighted by molar-refractivity contribution is 5.86. The summed E-state index contributed by atoms with van der Waals surface area (Å²) < 4.78 is 5.33. The molecule has 28 heavy (non-hydrogen) atoms. The summed E-state index contributed by atoms with van der Waals surface area (Å²) in [4.78, 5) is 17.1. The molecule has 2 N–H and O–H groups in total. The van der Waals surface area contributed by atoms with E-state index in [2.05, 4.69) is 51.6 Å². The van der Waals surface area contributed by atoms with E-state index in [0.29, 0.717) is 19.8 Å². The molecule has 1 amide bonds. The van der Waals surface area contributed by atoms with Crippen LogP contribution in [0.4, 0.5) is 0 Å². The lowest BCUT2D eigenvalue weighted by Crippen LogP contribution is -2.51. The highest BCUT2D eigenvalue weighted by atomic mass is 35.5. The van der Waals surface area contributed by atoms with Gasteiger partial charge in [-0.15, -0.1) is 37.2 Å². The lowest BCUT2D eigenvalue weighted by molar-refractivity contribution is -0.126. The molecule has 9 heteroatoms. The summed E-state index contributed by atoms with van der Waals surface area (Å²) in [6, 6.07) is 8.35. The van der Waals surface area contributed by atoms with Crippen molar-refractivity contribution >= 4 is 43.1 Å². The van der Waals surface area contributed by atoms with Gasteiger partial charge in [-0.2, -0.15) is 0 Å². The van der Waals surface area contributed by atoms with E-state index in [1.807, 2.05) is 0 Å². The minimum atomic E-state index is -0.227. The lowest BCUT2D eigenvalue weighted by atomic mass is 10.1. The van der Waals surface area contributed by atoms with Crippen LogP contribution in [0.2, 0.25) is 0 Å². The van der Waals surface area contributed by atoms with Gasteiger partial charge in [-0.3, -0.25) is 9.69 Å². The molecule has 2 heterocycles. The highest BCUT2D eigenvalue weighted by Gasteiger charge is 2.20. The molecule has 2 aliphatic rings. The quantitative estimate of drug-likeness (QED) is 0.684. The summed E-state index contributed by atoms with van der Waals surface area (Å²) in [6.45, 7) is 11.4. The molecule has 6 nitrogen and oxygen atoms in total. The Morgan fingerprint density at radius 3 is 2.25 bits per heavy atom. The number of amides is 1. The number of carbonyl (C=O) groups excluding carboxylic acids is 1. The van der Waals surface area contributed by atoms with Crippen LogP contribution in [0, 0.1) is 0 Å². The number of nitrogens with zero attached hydrogens (tertiary/aromatic N) is 2. The summed E-state index contributed by atoms with van der Waals surface area (Å²) >= 11 is 0. The molecule has 0 radical (unpaired) electrons. The SMILES string of the molecule is CCN1CCN(Cc2ccc(CNC(=O)C3COCCN3)cc2)CC1.Cl.Cl.Cl. The number of halogens is 3. The number of rotatable bonds is 6. The zero-order valence-corrected chi connectivity index (χ0v) is 18.8. The Balaban J connectivity index is 0.00000243. The second kappa shape index (κ2) is 14.4. The van der Waals surface area contributed by atoms with Gasteiger partial charge < -0.3 is 20.3 Å². The maximum atomic E-state index is 12.1. The van der Waals surface area contributed by atoms with Gasteiger partial charge in [0.1, 0.15) is 6.04 Å². The Bertz CT molecular complexity index is 549. The molecule has 1 aromatic rings. The van der Waals surface area contributed by atoms with Crippen LogP contribution in [0.1, 0.15) is 18.1 Å². The van der Waals surface area contributed by atoms with Gasteiger partial charge in [-0.05, 0) is 17.7 Å². The van der Waals surface area contributed by atoms with Gasteiger partial charge in [0.15, 0.2) is 0 Å². The second-order valence-electron chi connectivity index (χ2n) is 6.83. The van der Waals surface area contributed by atoms with Gasteiger partial charge in [0.2, 0.25) is 5.91 Å². The summed E-state index contributed by atoms with van der Waals surface area (Å²) in [5.41, 5.74) is 2.46. The molecular formula is C19H33Cl3N4O2. The summed E-state index contributed by atoms with van der Waals surface area (Å²) in [7, 11) is 0. The third kappa shape index (κ3) is 8.41. The van der Waals surface area contributed by atoms with E-state index < -0.39 is 0 Å². The Kier molecular flexibility index (Phi) is 14.1. The average molecular weight is 456 g/mol. The topological polar surface area (TPSA) is 56.8 Å². The molecule has 3 rings (SSSR count). The molecule has 1 unspecified atom stereocenters. The Morgan fingerprint density at radius 1 is 1.07 bits per heavy atom.